The number of benzene rings is 1. The number of nitrogens with one attached hydrogen (secondary N) is 1. The van der Waals surface area contributed by atoms with Crippen molar-refractivity contribution in [2.45, 2.75) is 30.2 Å². The molecule has 1 unspecified atom stereocenters. The molecule has 0 saturated heterocycles. The summed E-state index contributed by atoms with van der Waals surface area (Å²) in [5.41, 5.74) is 1.01. The zero-order chi connectivity index (χ0) is 12.0. The highest BCUT2D eigenvalue weighted by molar-refractivity contribution is 7.99. The Bertz CT molecular complexity index is 305. The third-order valence-electron chi connectivity index (χ3n) is 2.08. The molecule has 1 aromatic carbocycles. The highest BCUT2D eigenvalue weighted by Gasteiger charge is 2.05. The molecule has 0 aliphatic heterocycles. The molecule has 0 heterocycles. The lowest BCUT2D eigenvalue weighted by Crippen LogP contribution is -2.28. The van der Waals surface area contributed by atoms with Gasteiger partial charge in [-0.15, -0.1) is 0 Å². The summed E-state index contributed by atoms with van der Waals surface area (Å²) >= 11 is 0.542. The first-order chi connectivity index (χ1) is 7.61. The summed E-state index contributed by atoms with van der Waals surface area (Å²) in [4.78, 5) is 0.564. The van der Waals surface area contributed by atoms with Gasteiger partial charge in [-0.2, -0.15) is 8.78 Å². The predicted octanol–water partition coefficient (Wildman–Crippen LogP) is 2.47. The summed E-state index contributed by atoms with van der Waals surface area (Å²) in [6, 6.07) is 7.01. The first-order valence-corrected chi connectivity index (χ1v) is 5.87. The molecule has 0 aromatic heterocycles. The number of aliphatic hydroxyl groups is 1. The molecule has 5 heteroatoms. The molecule has 0 bridgehead atoms. The molecule has 16 heavy (non-hydrogen) atoms. The molecule has 0 spiro atoms. The van der Waals surface area contributed by atoms with Crippen molar-refractivity contribution >= 4 is 11.8 Å². The molecule has 0 aliphatic carbocycles. The van der Waals surface area contributed by atoms with Crippen molar-refractivity contribution in [1.29, 1.82) is 0 Å². The lowest BCUT2D eigenvalue weighted by molar-refractivity contribution is 0.251. The Labute approximate surface area is 98.1 Å². The van der Waals surface area contributed by atoms with Gasteiger partial charge in [-0.25, -0.2) is 0 Å². The van der Waals surface area contributed by atoms with Gasteiger partial charge in [0.05, 0.1) is 6.61 Å². The smallest absolute Gasteiger partial charge is 0.288 e. The van der Waals surface area contributed by atoms with Crippen molar-refractivity contribution in [3.63, 3.8) is 0 Å². The van der Waals surface area contributed by atoms with E-state index in [0.29, 0.717) is 23.2 Å². The fourth-order valence-electron chi connectivity index (χ4n) is 1.15. The van der Waals surface area contributed by atoms with Crippen LogP contribution in [0.1, 0.15) is 12.5 Å². The van der Waals surface area contributed by atoms with Gasteiger partial charge < -0.3 is 10.4 Å². The van der Waals surface area contributed by atoms with Crippen molar-refractivity contribution in [2.24, 2.45) is 0 Å². The Hall–Kier alpha value is -0.650. The molecule has 0 fully saturated rings. The average molecular weight is 247 g/mol. The van der Waals surface area contributed by atoms with E-state index in [1.165, 1.54) is 0 Å². The number of hydrogen-bond acceptors (Lipinski definition) is 3. The van der Waals surface area contributed by atoms with E-state index >= 15 is 0 Å². The van der Waals surface area contributed by atoms with E-state index < -0.39 is 5.76 Å². The second kappa shape index (κ2) is 6.83. The van der Waals surface area contributed by atoms with Gasteiger partial charge >= 0.3 is 0 Å². The third-order valence-corrected chi connectivity index (χ3v) is 2.80. The van der Waals surface area contributed by atoms with E-state index in [0.717, 1.165) is 5.56 Å². The van der Waals surface area contributed by atoms with Crippen LogP contribution in [-0.2, 0) is 6.54 Å². The van der Waals surface area contributed by atoms with Crippen LogP contribution in [0.15, 0.2) is 29.2 Å². The molecular formula is C11H15F2NOS. The van der Waals surface area contributed by atoms with Gasteiger partial charge in [0, 0.05) is 17.5 Å². The van der Waals surface area contributed by atoms with E-state index in [-0.39, 0.29) is 12.6 Å². The van der Waals surface area contributed by atoms with Crippen LogP contribution in [-0.4, -0.2) is 23.5 Å². The molecule has 1 rings (SSSR count). The SMILES string of the molecule is CC(CO)NCc1ccc(SC(F)F)cc1. The Balaban J connectivity index is 2.45. The van der Waals surface area contributed by atoms with Crippen LogP contribution in [0, 0.1) is 0 Å². The van der Waals surface area contributed by atoms with Crippen molar-refractivity contribution in [3.05, 3.63) is 29.8 Å². The number of thioether (sulfide) groups is 1. The summed E-state index contributed by atoms with van der Waals surface area (Å²) in [6.45, 7) is 2.59. The van der Waals surface area contributed by atoms with Gasteiger partial charge in [-0.3, -0.25) is 0 Å². The van der Waals surface area contributed by atoms with E-state index in [9.17, 15) is 8.78 Å². The van der Waals surface area contributed by atoms with Gasteiger partial charge in [0.2, 0.25) is 0 Å². The largest absolute Gasteiger partial charge is 0.395 e. The summed E-state index contributed by atoms with van der Waals surface area (Å²) < 4.78 is 24.1. The molecule has 0 saturated carbocycles. The number of halogens is 2. The summed E-state index contributed by atoms with van der Waals surface area (Å²) in [6.07, 6.45) is 0. The molecule has 0 aliphatic rings. The zero-order valence-corrected chi connectivity index (χ0v) is 9.81. The van der Waals surface area contributed by atoms with E-state index in [1.807, 2.05) is 19.1 Å². The minimum Gasteiger partial charge on any atom is -0.395 e. The van der Waals surface area contributed by atoms with Crippen LogP contribution in [0.2, 0.25) is 0 Å². The Morgan fingerprint density at radius 1 is 1.31 bits per heavy atom. The van der Waals surface area contributed by atoms with Crippen LogP contribution in [0.4, 0.5) is 8.78 Å². The first-order valence-electron chi connectivity index (χ1n) is 5.00. The van der Waals surface area contributed by atoms with Crippen LogP contribution >= 0.6 is 11.8 Å². The zero-order valence-electron chi connectivity index (χ0n) is 8.99. The van der Waals surface area contributed by atoms with Gasteiger partial charge in [-0.05, 0) is 24.6 Å². The van der Waals surface area contributed by atoms with E-state index in [4.69, 9.17) is 5.11 Å². The van der Waals surface area contributed by atoms with Crippen molar-refractivity contribution in [2.75, 3.05) is 6.61 Å². The molecule has 2 nitrogen and oxygen atoms in total. The molecule has 2 N–H and O–H groups in total. The molecule has 1 atom stereocenters. The van der Waals surface area contributed by atoms with Gasteiger partial charge in [0.15, 0.2) is 0 Å². The van der Waals surface area contributed by atoms with Crippen LogP contribution in [0.3, 0.4) is 0 Å². The number of alkyl halides is 2. The highest BCUT2D eigenvalue weighted by Crippen LogP contribution is 2.24. The number of hydrogen-bond donors (Lipinski definition) is 2. The Morgan fingerprint density at radius 3 is 2.44 bits per heavy atom. The number of aliphatic hydroxyl groups excluding tert-OH is 1. The highest BCUT2D eigenvalue weighted by atomic mass is 32.2. The summed E-state index contributed by atoms with van der Waals surface area (Å²) in [5.74, 6) is -2.38. The molecule has 0 radical (unpaired) electrons. The van der Waals surface area contributed by atoms with E-state index in [1.54, 1.807) is 12.1 Å². The van der Waals surface area contributed by atoms with Gasteiger partial charge in [-0.1, -0.05) is 23.9 Å². The third kappa shape index (κ3) is 4.92. The quantitative estimate of drug-likeness (QED) is 0.757. The van der Waals surface area contributed by atoms with Crippen LogP contribution in [0.25, 0.3) is 0 Å². The van der Waals surface area contributed by atoms with Crippen molar-refractivity contribution in [3.8, 4) is 0 Å². The Morgan fingerprint density at radius 2 is 1.94 bits per heavy atom. The maximum absolute atomic E-state index is 12.0. The molecule has 90 valence electrons. The first kappa shape index (κ1) is 13.4. The van der Waals surface area contributed by atoms with Crippen molar-refractivity contribution in [1.82, 2.24) is 5.32 Å². The van der Waals surface area contributed by atoms with E-state index in [2.05, 4.69) is 5.32 Å². The molecule has 1 aromatic rings. The average Bonchev–Trinajstić information content (AvgIpc) is 2.27. The van der Waals surface area contributed by atoms with Crippen LogP contribution in [0.5, 0.6) is 0 Å². The topological polar surface area (TPSA) is 32.3 Å². The lowest BCUT2D eigenvalue weighted by atomic mass is 10.2. The standard InChI is InChI=1S/C11H15F2NOS/c1-8(7-15)14-6-9-2-4-10(5-3-9)16-11(12)13/h2-5,8,11,14-15H,6-7H2,1H3. The number of rotatable bonds is 6. The predicted molar refractivity (Wildman–Crippen MR) is 61.7 cm³/mol. The monoisotopic (exact) mass is 247 g/mol. The maximum atomic E-state index is 12.0. The second-order valence-corrected chi connectivity index (χ2v) is 4.55. The Kier molecular flexibility index (Phi) is 5.73. The normalized spacial score (nSPS) is 13.1. The van der Waals surface area contributed by atoms with Gasteiger partial charge in [0.25, 0.3) is 5.76 Å². The second-order valence-electron chi connectivity index (χ2n) is 3.49. The minimum atomic E-state index is -2.38. The fourth-order valence-corrected chi connectivity index (χ4v) is 1.64. The van der Waals surface area contributed by atoms with Gasteiger partial charge in [0.1, 0.15) is 0 Å². The minimum absolute atomic E-state index is 0.0371. The van der Waals surface area contributed by atoms with Crippen LogP contribution < -0.4 is 5.32 Å². The summed E-state index contributed by atoms with van der Waals surface area (Å²) in [5, 5.41) is 11.9. The maximum Gasteiger partial charge on any atom is 0.288 e. The molecular weight excluding hydrogens is 232 g/mol. The molecule has 0 amide bonds. The lowest BCUT2D eigenvalue weighted by Gasteiger charge is -2.10. The summed E-state index contributed by atoms with van der Waals surface area (Å²) in [7, 11) is 0. The fraction of sp³-hybridized carbons (Fsp3) is 0.455. The van der Waals surface area contributed by atoms with Crippen molar-refractivity contribution < 1.29 is 13.9 Å².